The van der Waals surface area contributed by atoms with Crippen molar-refractivity contribution in [2.24, 2.45) is 0 Å². The maximum Gasteiger partial charge on any atom is 0.508 e. The van der Waals surface area contributed by atoms with Crippen molar-refractivity contribution in [3.05, 3.63) is 0 Å². The zero-order valence-electron chi connectivity index (χ0n) is 8.28. The molecule has 1 heterocycles. The predicted octanol–water partition coefficient (Wildman–Crippen LogP) is 1.33. The normalized spacial score (nSPS) is 13.1. The van der Waals surface area contributed by atoms with Crippen molar-refractivity contribution < 1.29 is 28.5 Å². The van der Waals surface area contributed by atoms with E-state index in [4.69, 9.17) is 0 Å². The third kappa shape index (κ3) is 7.20. The molecular formula is C8H14O6. The maximum atomic E-state index is 10.2. The van der Waals surface area contributed by atoms with Crippen LogP contribution in [0.5, 0.6) is 0 Å². The fourth-order valence-electron chi connectivity index (χ4n) is 0.569. The van der Waals surface area contributed by atoms with Crippen LogP contribution in [0.4, 0.5) is 9.59 Å². The van der Waals surface area contributed by atoms with E-state index in [2.05, 4.69) is 18.9 Å². The van der Waals surface area contributed by atoms with E-state index in [0.29, 0.717) is 26.4 Å². The highest BCUT2D eigenvalue weighted by molar-refractivity contribution is 5.61. The molecule has 0 bridgehead atoms. The van der Waals surface area contributed by atoms with Crippen molar-refractivity contribution in [3.8, 4) is 0 Å². The minimum absolute atomic E-state index is 0.374. The van der Waals surface area contributed by atoms with Gasteiger partial charge in [0.05, 0.1) is 13.2 Å². The molecule has 1 aliphatic rings. The van der Waals surface area contributed by atoms with Crippen LogP contribution in [0.15, 0.2) is 0 Å². The summed E-state index contributed by atoms with van der Waals surface area (Å²) in [4.78, 5) is 20.0. The number of carbonyl (C=O) groups excluding carboxylic acids is 2. The summed E-state index contributed by atoms with van der Waals surface area (Å²) in [6, 6.07) is 0. The Morgan fingerprint density at radius 3 is 1.86 bits per heavy atom. The molecule has 0 saturated carbocycles. The van der Waals surface area contributed by atoms with Crippen LogP contribution >= 0.6 is 0 Å². The maximum absolute atomic E-state index is 10.2. The number of carbonyl (C=O) groups is 2. The third-order valence-electron chi connectivity index (χ3n) is 1.05. The molecule has 1 saturated heterocycles. The largest absolute Gasteiger partial charge is 0.508 e. The van der Waals surface area contributed by atoms with Crippen molar-refractivity contribution in [2.45, 2.75) is 13.8 Å². The molecule has 0 amide bonds. The Morgan fingerprint density at radius 2 is 1.64 bits per heavy atom. The number of ether oxygens (including phenoxy) is 4. The highest BCUT2D eigenvalue weighted by atomic mass is 16.8. The fourth-order valence-corrected chi connectivity index (χ4v) is 0.569. The predicted molar refractivity (Wildman–Crippen MR) is 45.9 cm³/mol. The lowest BCUT2D eigenvalue weighted by molar-refractivity contribution is 0.0630. The Hall–Kier alpha value is -1.46. The van der Waals surface area contributed by atoms with Gasteiger partial charge in [-0.15, -0.1) is 0 Å². The molecule has 1 aliphatic heterocycles. The van der Waals surface area contributed by atoms with Gasteiger partial charge in [0.15, 0.2) is 0 Å². The molecule has 0 aromatic rings. The average molecular weight is 206 g/mol. The Morgan fingerprint density at radius 1 is 1.21 bits per heavy atom. The van der Waals surface area contributed by atoms with Gasteiger partial charge in [0.25, 0.3) is 0 Å². The lowest BCUT2D eigenvalue weighted by Crippen LogP contribution is -2.05. The second-order valence-electron chi connectivity index (χ2n) is 2.06. The topological polar surface area (TPSA) is 71.1 Å². The molecular weight excluding hydrogens is 192 g/mol. The minimum Gasteiger partial charge on any atom is -0.435 e. The second kappa shape index (κ2) is 8.15. The highest BCUT2D eigenvalue weighted by Crippen LogP contribution is 1.92. The molecule has 6 nitrogen and oxygen atoms in total. The molecule has 82 valence electrons. The van der Waals surface area contributed by atoms with Crippen LogP contribution in [0.3, 0.4) is 0 Å². The molecule has 0 atom stereocenters. The van der Waals surface area contributed by atoms with Crippen molar-refractivity contribution in [1.82, 2.24) is 0 Å². The van der Waals surface area contributed by atoms with Gasteiger partial charge >= 0.3 is 12.3 Å². The van der Waals surface area contributed by atoms with Crippen LogP contribution in [-0.4, -0.2) is 38.7 Å². The summed E-state index contributed by atoms with van der Waals surface area (Å²) in [6.07, 6.45) is -1.13. The number of cyclic esters (lactones) is 2. The molecule has 0 aliphatic carbocycles. The molecule has 0 spiro atoms. The van der Waals surface area contributed by atoms with Crippen LogP contribution in [0.1, 0.15) is 13.8 Å². The first-order valence-corrected chi connectivity index (χ1v) is 4.29. The summed E-state index contributed by atoms with van der Waals surface area (Å²) in [6.45, 7) is 5.04. The van der Waals surface area contributed by atoms with Gasteiger partial charge in [-0.2, -0.15) is 0 Å². The third-order valence-corrected chi connectivity index (χ3v) is 1.05. The summed E-state index contributed by atoms with van der Waals surface area (Å²) in [5.74, 6) is 0. The fraction of sp³-hybridized carbons (Fsp3) is 0.750. The SMILES string of the molecule is CCOC(=O)OCC.O=C1OCCO1. The standard InChI is InChI=1S/C5H10O3.C3H4O3/c1-3-7-5(6)8-4-2;4-3-5-1-2-6-3/h3-4H2,1-2H3;1-2H2. The van der Waals surface area contributed by atoms with E-state index in [1.165, 1.54) is 0 Å². The first kappa shape index (κ1) is 12.5. The zero-order valence-corrected chi connectivity index (χ0v) is 8.28. The zero-order chi connectivity index (χ0) is 10.8. The monoisotopic (exact) mass is 206 g/mol. The number of hydrogen-bond donors (Lipinski definition) is 0. The van der Waals surface area contributed by atoms with E-state index in [1.54, 1.807) is 13.8 Å². The first-order valence-electron chi connectivity index (χ1n) is 4.29. The molecule has 6 heteroatoms. The van der Waals surface area contributed by atoms with Crippen LogP contribution in [0.2, 0.25) is 0 Å². The van der Waals surface area contributed by atoms with Gasteiger partial charge in [-0.1, -0.05) is 0 Å². The van der Waals surface area contributed by atoms with Crippen LogP contribution in [0.25, 0.3) is 0 Å². The summed E-state index contributed by atoms with van der Waals surface area (Å²) < 4.78 is 17.4. The molecule has 0 aromatic carbocycles. The van der Waals surface area contributed by atoms with E-state index >= 15 is 0 Å². The first-order chi connectivity index (χ1) is 6.70. The molecule has 0 radical (unpaired) electrons. The highest BCUT2D eigenvalue weighted by Gasteiger charge is 2.09. The van der Waals surface area contributed by atoms with Crippen molar-refractivity contribution in [3.63, 3.8) is 0 Å². The molecule has 1 fully saturated rings. The van der Waals surface area contributed by atoms with E-state index in [-0.39, 0.29) is 0 Å². The molecule has 1 rings (SSSR count). The molecule has 0 aromatic heterocycles. The van der Waals surface area contributed by atoms with Gasteiger partial charge in [0.2, 0.25) is 0 Å². The number of hydrogen-bond acceptors (Lipinski definition) is 6. The van der Waals surface area contributed by atoms with Crippen LogP contribution in [0, 0.1) is 0 Å². The van der Waals surface area contributed by atoms with E-state index in [0.717, 1.165) is 0 Å². The molecule has 14 heavy (non-hydrogen) atoms. The number of rotatable bonds is 2. The van der Waals surface area contributed by atoms with Gasteiger partial charge < -0.3 is 18.9 Å². The van der Waals surface area contributed by atoms with Gasteiger partial charge in [0.1, 0.15) is 13.2 Å². The van der Waals surface area contributed by atoms with Gasteiger partial charge in [0, 0.05) is 0 Å². The lowest BCUT2D eigenvalue weighted by Gasteiger charge is -1.98. The van der Waals surface area contributed by atoms with Gasteiger partial charge in [-0.05, 0) is 13.8 Å². The summed E-state index contributed by atoms with van der Waals surface area (Å²) in [7, 11) is 0. The lowest BCUT2D eigenvalue weighted by atomic mass is 10.8. The van der Waals surface area contributed by atoms with Crippen molar-refractivity contribution in [1.29, 1.82) is 0 Å². The molecule has 0 N–H and O–H groups in total. The van der Waals surface area contributed by atoms with Gasteiger partial charge in [-0.25, -0.2) is 9.59 Å². The van der Waals surface area contributed by atoms with Gasteiger partial charge in [-0.3, -0.25) is 0 Å². The minimum atomic E-state index is -0.588. The second-order valence-corrected chi connectivity index (χ2v) is 2.06. The smallest absolute Gasteiger partial charge is 0.435 e. The quantitative estimate of drug-likeness (QED) is 0.635. The summed E-state index contributed by atoms with van der Waals surface area (Å²) >= 11 is 0. The summed E-state index contributed by atoms with van der Waals surface area (Å²) in [5, 5.41) is 0. The Balaban J connectivity index is 0.000000249. The van der Waals surface area contributed by atoms with Crippen LogP contribution < -0.4 is 0 Å². The van der Waals surface area contributed by atoms with E-state index < -0.39 is 12.3 Å². The summed E-state index contributed by atoms with van der Waals surface area (Å²) in [5.41, 5.74) is 0. The van der Waals surface area contributed by atoms with Crippen LogP contribution in [-0.2, 0) is 18.9 Å². The average Bonchev–Trinajstić information content (AvgIpc) is 2.58. The Bertz CT molecular complexity index is 163. The van der Waals surface area contributed by atoms with Crippen molar-refractivity contribution in [2.75, 3.05) is 26.4 Å². The Kier molecular flexibility index (Phi) is 7.30. The van der Waals surface area contributed by atoms with Crippen molar-refractivity contribution >= 4 is 12.3 Å². The molecule has 0 unspecified atom stereocenters. The van der Waals surface area contributed by atoms with E-state index in [9.17, 15) is 9.59 Å². The van der Waals surface area contributed by atoms with E-state index in [1.807, 2.05) is 0 Å². The Labute approximate surface area is 82.1 Å².